The highest BCUT2D eigenvalue weighted by Crippen LogP contribution is 2.26. The lowest BCUT2D eigenvalue weighted by Gasteiger charge is -2.15. The second kappa shape index (κ2) is 9.57. The van der Waals surface area contributed by atoms with Gasteiger partial charge in [-0.3, -0.25) is 4.79 Å². The number of para-hydroxylation sites is 1. The van der Waals surface area contributed by atoms with E-state index in [1.54, 1.807) is 12.1 Å². The van der Waals surface area contributed by atoms with Gasteiger partial charge < -0.3 is 10.1 Å². The van der Waals surface area contributed by atoms with Crippen molar-refractivity contribution in [1.29, 1.82) is 5.26 Å². The molecule has 4 heteroatoms. The number of benzene rings is 3. The van der Waals surface area contributed by atoms with Crippen LogP contribution in [0.1, 0.15) is 37.3 Å². The van der Waals surface area contributed by atoms with E-state index in [2.05, 4.69) is 25.2 Å². The quantitative estimate of drug-likeness (QED) is 0.563. The molecule has 0 aliphatic rings. The minimum Gasteiger partial charge on any atom is -0.484 e. The van der Waals surface area contributed by atoms with Crippen molar-refractivity contribution in [2.75, 3.05) is 11.9 Å². The first-order valence-corrected chi connectivity index (χ1v) is 9.73. The molecule has 1 N–H and O–H groups in total. The summed E-state index contributed by atoms with van der Waals surface area (Å²) in [4.78, 5) is 12.3. The van der Waals surface area contributed by atoms with Crippen molar-refractivity contribution in [1.82, 2.24) is 0 Å². The van der Waals surface area contributed by atoms with Gasteiger partial charge in [0, 0.05) is 5.69 Å². The third-order valence-corrected chi connectivity index (χ3v) is 4.95. The van der Waals surface area contributed by atoms with Gasteiger partial charge in [0.1, 0.15) is 5.75 Å². The Hall–Kier alpha value is -3.58. The zero-order valence-corrected chi connectivity index (χ0v) is 16.7. The summed E-state index contributed by atoms with van der Waals surface area (Å²) in [5.41, 5.74) is 4.65. The van der Waals surface area contributed by atoms with E-state index in [4.69, 9.17) is 10.00 Å². The molecule has 0 saturated heterocycles. The van der Waals surface area contributed by atoms with Gasteiger partial charge in [-0.2, -0.15) is 5.26 Å². The second-order valence-corrected chi connectivity index (χ2v) is 6.95. The maximum Gasteiger partial charge on any atom is 0.262 e. The third kappa shape index (κ3) is 5.24. The summed E-state index contributed by atoms with van der Waals surface area (Å²) in [6.07, 6.45) is 1.01. The number of nitrogens with one attached hydrogen (secondary N) is 1. The molecule has 0 aromatic heterocycles. The molecule has 0 bridgehead atoms. The monoisotopic (exact) mass is 384 g/mol. The number of hydrogen-bond donors (Lipinski definition) is 1. The number of nitrogens with zero attached hydrogens (tertiary/aromatic N) is 1. The first-order valence-electron chi connectivity index (χ1n) is 9.73. The number of ether oxygens (including phenoxy) is 1. The van der Waals surface area contributed by atoms with Crippen molar-refractivity contribution >= 4 is 11.6 Å². The van der Waals surface area contributed by atoms with Gasteiger partial charge >= 0.3 is 0 Å². The lowest BCUT2D eigenvalue weighted by atomic mass is 9.97. The van der Waals surface area contributed by atoms with Gasteiger partial charge in [-0.1, -0.05) is 56.3 Å². The van der Waals surface area contributed by atoms with Gasteiger partial charge in [0.15, 0.2) is 6.61 Å². The van der Waals surface area contributed by atoms with Crippen molar-refractivity contribution in [3.05, 3.63) is 83.9 Å². The largest absolute Gasteiger partial charge is 0.484 e. The number of rotatable bonds is 7. The predicted molar refractivity (Wildman–Crippen MR) is 116 cm³/mol. The topological polar surface area (TPSA) is 62.1 Å². The number of amides is 1. The van der Waals surface area contributed by atoms with Crippen LogP contribution in [0.2, 0.25) is 0 Å². The number of carbonyl (C=O) groups excluding carboxylic acids is 1. The molecule has 0 saturated carbocycles. The minimum absolute atomic E-state index is 0.0505. The first kappa shape index (κ1) is 20.2. The molecule has 0 unspecified atom stereocenters. The highest BCUT2D eigenvalue weighted by Gasteiger charge is 2.11. The second-order valence-electron chi connectivity index (χ2n) is 6.95. The average molecular weight is 384 g/mol. The molecule has 1 amide bonds. The summed E-state index contributed by atoms with van der Waals surface area (Å²) in [5.74, 6) is 0.826. The molecule has 29 heavy (non-hydrogen) atoms. The summed E-state index contributed by atoms with van der Waals surface area (Å²) in [6, 6.07) is 25.0. The molecule has 0 heterocycles. The Morgan fingerprint density at radius 3 is 2.24 bits per heavy atom. The van der Waals surface area contributed by atoms with Crippen LogP contribution in [0.4, 0.5) is 5.69 Å². The van der Waals surface area contributed by atoms with Gasteiger partial charge in [0.2, 0.25) is 0 Å². The van der Waals surface area contributed by atoms with E-state index in [0.29, 0.717) is 17.2 Å². The van der Waals surface area contributed by atoms with Crippen LogP contribution in [0.25, 0.3) is 11.1 Å². The SMILES string of the molecule is CC[C@@H](C)c1ccccc1NC(=O)COc1ccc(-c2ccc(C#N)cc2)cc1. The molecule has 1 atom stereocenters. The van der Waals surface area contributed by atoms with Gasteiger partial charge in [-0.15, -0.1) is 0 Å². The average Bonchev–Trinajstić information content (AvgIpc) is 2.78. The van der Waals surface area contributed by atoms with Crippen LogP contribution in [0.15, 0.2) is 72.8 Å². The number of hydrogen-bond acceptors (Lipinski definition) is 3. The van der Waals surface area contributed by atoms with Crippen LogP contribution in [0.5, 0.6) is 5.75 Å². The normalized spacial score (nSPS) is 11.3. The van der Waals surface area contributed by atoms with E-state index >= 15 is 0 Å². The van der Waals surface area contributed by atoms with Gasteiger partial charge in [-0.25, -0.2) is 0 Å². The van der Waals surface area contributed by atoms with Crippen LogP contribution in [-0.4, -0.2) is 12.5 Å². The fourth-order valence-corrected chi connectivity index (χ4v) is 3.08. The molecule has 0 spiro atoms. The number of nitriles is 1. The molecular formula is C25H24N2O2. The zero-order valence-electron chi connectivity index (χ0n) is 16.7. The van der Waals surface area contributed by atoms with Crippen molar-refractivity contribution in [2.45, 2.75) is 26.2 Å². The predicted octanol–water partition coefficient (Wildman–Crippen LogP) is 5.76. The van der Waals surface area contributed by atoms with Gasteiger partial charge in [-0.05, 0) is 59.4 Å². The smallest absolute Gasteiger partial charge is 0.262 e. The summed E-state index contributed by atoms with van der Waals surface area (Å²) in [5, 5.41) is 11.8. The molecule has 4 nitrogen and oxygen atoms in total. The van der Waals surface area contributed by atoms with Crippen LogP contribution in [0, 0.1) is 11.3 Å². The molecule has 0 radical (unpaired) electrons. The standard InChI is InChI=1S/C25H24N2O2/c1-3-18(2)23-6-4-5-7-24(23)27-25(28)17-29-22-14-12-21(13-15-22)20-10-8-19(16-26)9-11-20/h4-15,18H,3,17H2,1-2H3,(H,27,28)/t18-/m1/s1. The van der Waals surface area contributed by atoms with E-state index in [9.17, 15) is 4.79 Å². The highest BCUT2D eigenvalue weighted by atomic mass is 16.5. The summed E-state index contributed by atoms with van der Waals surface area (Å²) >= 11 is 0. The Kier molecular flexibility index (Phi) is 6.65. The lowest BCUT2D eigenvalue weighted by Crippen LogP contribution is -2.21. The fourth-order valence-electron chi connectivity index (χ4n) is 3.08. The summed E-state index contributed by atoms with van der Waals surface area (Å²) < 4.78 is 5.64. The number of carbonyl (C=O) groups is 1. The van der Waals surface area contributed by atoms with E-state index in [1.807, 2.05) is 60.7 Å². The minimum atomic E-state index is -0.183. The van der Waals surface area contributed by atoms with Crippen molar-refractivity contribution in [2.24, 2.45) is 0 Å². The van der Waals surface area contributed by atoms with E-state index in [-0.39, 0.29) is 12.5 Å². The van der Waals surface area contributed by atoms with Crippen molar-refractivity contribution < 1.29 is 9.53 Å². The zero-order chi connectivity index (χ0) is 20.6. The Morgan fingerprint density at radius 2 is 1.62 bits per heavy atom. The molecular weight excluding hydrogens is 360 g/mol. The molecule has 0 aliphatic carbocycles. The van der Waals surface area contributed by atoms with Crippen LogP contribution >= 0.6 is 0 Å². The molecule has 3 rings (SSSR count). The Bertz CT molecular complexity index is 1000. The van der Waals surface area contributed by atoms with Crippen LogP contribution < -0.4 is 10.1 Å². The molecule has 0 fully saturated rings. The van der Waals surface area contributed by atoms with Gasteiger partial charge in [0.05, 0.1) is 11.6 Å². The maximum atomic E-state index is 12.3. The van der Waals surface area contributed by atoms with Crippen molar-refractivity contribution in [3.8, 4) is 22.9 Å². The fraction of sp³-hybridized carbons (Fsp3) is 0.200. The van der Waals surface area contributed by atoms with E-state index in [1.165, 1.54) is 0 Å². The Balaban J connectivity index is 1.59. The van der Waals surface area contributed by atoms with Gasteiger partial charge in [0.25, 0.3) is 5.91 Å². The highest BCUT2D eigenvalue weighted by molar-refractivity contribution is 5.92. The summed E-state index contributed by atoms with van der Waals surface area (Å²) in [7, 11) is 0. The molecule has 3 aromatic carbocycles. The van der Waals surface area contributed by atoms with E-state index in [0.717, 1.165) is 28.8 Å². The lowest BCUT2D eigenvalue weighted by molar-refractivity contribution is -0.118. The van der Waals surface area contributed by atoms with Crippen LogP contribution in [-0.2, 0) is 4.79 Å². The Morgan fingerprint density at radius 1 is 1.00 bits per heavy atom. The molecule has 146 valence electrons. The first-order chi connectivity index (χ1) is 14.1. The Labute approximate surface area is 171 Å². The maximum absolute atomic E-state index is 12.3. The van der Waals surface area contributed by atoms with Crippen LogP contribution in [0.3, 0.4) is 0 Å². The number of anilines is 1. The third-order valence-electron chi connectivity index (χ3n) is 4.95. The molecule has 0 aliphatic heterocycles. The summed E-state index contributed by atoms with van der Waals surface area (Å²) in [6.45, 7) is 4.23. The van der Waals surface area contributed by atoms with E-state index < -0.39 is 0 Å². The van der Waals surface area contributed by atoms with Crippen molar-refractivity contribution in [3.63, 3.8) is 0 Å². The molecule has 3 aromatic rings.